The first-order valence-electron chi connectivity index (χ1n) is 8.52. The summed E-state index contributed by atoms with van der Waals surface area (Å²) >= 11 is 5.95. The molecule has 1 N–H and O–H groups in total. The Hall–Kier alpha value is -2.27. The summed E-state index contributed by atoms with van der Waals surface area (Å²) in [5, 5.41) is 2.53. The van der Waals surface area contributed by atoms with Gasteiger partial charge in [-0.15, -0.1) is 0 Å². The second kappa shape index (κ2) is 9.04. The Balaban J connectivity index is 1.73. The third-order valence-corrected chi connectivity index (χ3v) is 6.21. The van der Waals surface area contributed by atoms with Crippen LogP contribution in [0.25, 0.3) is 0 Å². The molecule has 1 aliphatic rings. The standard InChI is InChI=1S/C18H17ClF2N2O5S/c19-12-1-4-16(17(9-12)29(25,26)23-5-7-27-8-6-23)28-11-18(24)22-13-2-3-14(20)15(21)10-13/h1-4,9-10H,5-8,11H2,(H,22,24). The highest BCUT2D eigenvalue weighted by molar-refractivity contribution is 7.89. The van der Waals surface area contributed by atoms with E-state index in [1.807, 2.05) is 0 Å². The number of benzene rings is 2. The average molecular weight is 447 g/mol. The largest absolute Gasteiger partial charge is 0.482 e. The molecule has 2 aromatic rings. The molecule has 0 aliphatic carbocycles. The maximum Gasteiger partial charge on any atom is 0.262 e. The van der Waals surface area contributed by atoms with Gasteiger partial charge in [0.15, 0.2) is 18.2 Å². The van der Waals surface area contributed by atoms with E-state index in [1.54, 1.807) is 0 Å². The molecule has 1 heterocycles. The fourth-order valence-electron chi connectivity index (χ4n) is 2.64. The lowest BCUT2D eigenvalue weighted by atomic mass is 10.3. The van der Waals surface area contributed by atoms with E-state index in [-0.39, 0.29) is 47.7 Å². The molecule has 156 valence electrons. The van der Waals surface area contributed by atoms with E-state index >= 15 is 0 Å². The molecular weight excluding hydrogens is 430 g/mol. The fourth-order valence-corrected chi connectivity index (χ4v) is 4.44. The number of morpholine rings is 1. The first-order valence-corrected chi connectivity index (χ1v) is 10.3. The average Bonchev–Trinajstić information content (AvgIpc) is 2.70. The van der Waals surface area contributed by atoms with Crippen LogP contribution in [0.5, 0.6) is 5.75 Å². The summed E-state index contributed by atoms with van der Waals surface area (Å²) in [5.74, 6) is -2.89. The van der Waals surface area contributed by atoms with Crippen molar-refractivity contribution < 1.29 is 31.5 Å². The van der Waals surface area contributed by atoms with E-state index in [4.69, 9.17) is 21.1 Å². The van der Waals surface area contributed by atoms with Gasteiger partial charge in [-0.2, -0.15) is 4.31 Å². The van der Waals surface area contributed by atoms with Gasteiger partial charge < -0.3 is 14.8 Å². The molecule has 0 saturated carbocycles. The van der Waals surface area contributed by atoms with Crippen LogP contribution in [-0.2, 0) is 19.6 Å². The van der Waals surface area contributed by atoms with E-state index in [0.717, 1.165) is 12.1 Å². The van der Waals surface area contributed by atoms with Gasteiger partial charge in [0.2, 0.25) is 10.0 Å². The lowest BCUT2D eigenvalue weighted by Crippen LogP contribution is -2.40. The van der Waals surface area contributed by atoms with Crippen molar-refractivity contribution >= 4 is 33.2 Å². The molecule has 3 rings (SSSR count). The monoisotopic (exact) mass is 446 g/mol. The minimum absolute atomic E-state index is 0.0368. The molecule has 11 heteroatoms. The molecule has 1 fully saturated rings. The Bertz CT molecular complexity index is 1010. The van der Waals surface area contributed by atoms with Gasteiger partial charge >= 0.3 is 0 Å². The summed E-state index contributed by atoms with van der Waals surface area (Å²) in [6.07, 6.45) is 0. The first-order chi connectivity index (χ1) is 13.8. The molecular formula is C18H17ClF2N2O5S. The number of carbonyl (C=O) groups is 1. The van der Waals surface area contributed by atoms with Crippen LogP contribution in [0.2, 0.25) is 5.02 Å². The lowest BCUT2D eigenvalue weighted by Gasteiger charge is -2.26. The molecule has 0 unspecified atom stereocenters. The summed E-state index contributed by atoms with van der Waals surface area (Å²) in [6.45, 7) is 0.362. The van der Waals surface area contributed by atoms with E-state index in [1.165, 1.54) is 28.6 Å². The van der Waals surface area contributed by atoms with Crippen molar-refractivity contribution in [1.82, 2.24) is 4.31 Å². The zero-order chi connectivity index (χ0) is 21.0. The SMILES string of the molecule is O=C(COc1ccc(Cl)cc1S(=O)(=O)N1CCOCC1)Nc1ccc(F)c(F)c1. The van der Waals surface area contributed by atoms with Crippen molar-refractivity contribution in [2.24, 2.45) is 0 Å². The topological polar surface area (TPSA) is 84.9 Å². The Morgan fingerprint density at radius 2 is 1.86 bits per heavy atom. The maximum atomic E-state index is 13.2. The van der Waals surface area contributed by atoms with Crippen LogP contribution in [-0.4, -0.2) is 51.5 Å². The van der Waals surface area contributed by atoms with E-state index in [9.17, 15) is 22.0 Å². The van der Waals surface area contributed by atoms with Gasteiger partial charge in [0.1, 0.15) is 10.6 Å². The van der Waals surface area contributed by atoms with Gasteiger partial charge in [-0.25, -0.2) is 17.2 Å². The maximum absolute atomic E-state index is 13.2. The zero-order valence-corrected chi connectivity index (χ0v) is 16.6. The van der Waals surface area contributed by atoms with Crippen LogP contribution < -0.4 is 10.1 Å². The Morgan fingerprint density at radius 3 is 2.55 bits per heavy atom. The van der Waals surface area contributed by atoms with Crippen molar-refractivity contribution in [2.75, 3.05) is 38.2 Å². The number of carbonyl (C=O) groups excluding carboxylic acids is 1. The second-order valence-electron chi connectivity index (χ2n) is 6.07. The summed E-state index contributed by atoms with van der Waals surface area (Å²) in [7, 11) is -3.91. The van der Waals surface area contributed by atoms with Crippen LogP contribution in [0, 0.1) is 11.6 Å². The van der Waals surface area contributed by atoms with Crippen molar-refractivity contribution in [2.45, 2.75) is 4.90 Å². The van der Waals surface area contributed by atoms with Gasteiger partial charge in [-0.3, -0.25) is 4.79 Å². The number of nitrogens with zero attached hydrogens (tertiary/aromatic N) is 1. The normalized spacial score (nSPS) is 15.1. The number of nitrogens with one attached hydrogen (secondary N) is 1. The lowest BCUT2D eigenvalue weighted by molar-refractivity contribution is -0.118. The number of ether oxygens (including phenoxy) is 2. The van der Waals surface area contributed by atoms with Gasteiger partial charge in [-0.1, -0.05) is 11.6 Å². The van der Waals surface area contributed by atoms with Crippen LogP contribution in [0.1, 0.15) is 0 Å². The molecule has 0 radical (unpaired) electrons. The molecule has 0 aromatic heterocycles. The van der Waals surface area contributed by atoms with E-state index in [2.05, 4.69) is 5.32 Å². The molecule has 29 heavy (non-hydrogen) atoms. The molecule has 0 bridgehead atoms. The van der Waals surface area contributed by atoms with E-state index in [0.29, 0.717) is 0 Å². The third-order valence-electron chi connectivity index (χ3n) is 4.06. The summed E-state index contributed by atoms with van der Waals surface area (Å²) in [5.41, 5.74) is 0.0368. The summed E-state index contributed by atoms with van der Waals surface area (Å²) < 4.78 is 63.8. The first kappa shape index (κ1) is 21.4. The Labute approximate surface area is 171 Å². The van der Waals surface area contributed by atoms with Crippen LogP contribution in [0.15, 0.2) is 41.3 Å². The number of hydrogen-bond donors (Lipinski definition) is 1. The number of amides is 1. The van der Waals surface area contributed by atoms with Crippen molar-refractivity contribution in [1.29, 1.82) is 0 Å². The predicted octanol–water partition coefficient (Wildman–Crippen LogP) is 2.66. The number of rotatable bonds is 6. The Kier molecular flexibility index (Phi) is 6.68. The fraction of sp³-hybridized carbons (Fsp3) is 0.278. The zero-order valence-electron chi connectivity index (χ0n) is 15.0. The quantitative estimate of drug-likeness (QED) is 0.737. The van der Waals surface area contributed by atoms with Crippen LogP contribution >= 0.6 is 11.6 Å². The number of hydrogen-bond acceptors (Lipinski definition) is 5. The van der Waals surface area contributed by atoms with Gasteiger partial charge in [0, 0.05) is 29.9 Å². The van der Waals surface area contributed by atoms with E-state index < -0.39 is 34.2 Å². The molecule has 2 aromatic carbocycles. The van der Waals surface area contributed by atoms with Gasteiger partial charge in [0.05, 0.1) is 13.2 Å². The van der Waals surface area contributed by atoms with Crippen molar-refractivity contribution in [3.05, 3.63) is 53.1 Å². The van der Waals surface area contributed by atoms with Crippen molar-refractivity contribution in [3.63, 3.8) is 0 Å². The number of halogens is 3. The molecule has 1 amide bonds. The minimum atomic E-state index is -3.91. The second-order valence-corrected chi connectivity index (χ2v) is 8.42. The predicted molar refractivity (Wildman–Crippen MR) is 102 cm³/mol. The summed E-state index contributed by atoms with van der Waals surface area (Å²) in [4.78, 5) is 11.9. The Morgan fingerprint density at radius 1 is 1.14 bits per heavy atom. The molecule has 1 aliphatic heterocycles. The minimum Gasteiger partial charge on any atom is -0.482 e. The number of sulfonamides is 1. The highest BCUT2D eigenvalue weighted by Gasteiger charge is 2.29. The number of anilines is 1. The van der Waals surface area contributed by atoms with Crippen LogP contribution in [0.3, 0.4) is 0 Å². The summed E-state index contributed by atoms with van der Waals surface area (Å²) in [6, 6.07) is 6.91. The molecule has 0 atom stereocenters. The smallest absolute Gasteiger partial charge is 0.262 e. The molecule has 7 nitrogen and oxygen atoms in total. The molecule has 1 saturated heterocycles. The molecule has 0 spiro atoms. The van der Waals surface area contributed by atoms with Crippen LogP contribution in [0.4, 0.5) is 14.5 Å². The van der Waals surface area contributed by atoms with Gasteiger partial charge in [0.25, 0.3) is 5.91 Å². The third kappa shape index (κ3) is 5.21. The highest BCUT2D eigenvalue weighted by Crippen LogP contribution is 2.30. The van der Waals surface area contributed by atoms with Gasteiger partial charge in [-0.05, 0) is 30.3 Å². The van der Waals surface area contributed by atoms with Crippen molar-refractivity contribution in [3.8, 4) is 5.75 Å². The highest BCUT2D eigenvalue weighted by atomic mass is 35.5.